The van der Waals surface area contributed by atoms with Crippen molar-refractivity contribution in [2.45, 2.75) is 79.1 Å². The van der Waals surface area contributed by atoms with Crippen molar-refractivity contribution in [3.05, 3.63) is 6.42 Å². The molecule has 0 bridgehead atoms. The third kappa shape index (κ3) is 13.3. The zero-order chi connectivity index (χ0) is 15.8. The largest absolute Gasteiger partial charge is 0.303 e. The molecule has 0 unspecified atom stereocenters. The second-order valence-electron chi connectivity index (χ2n) is 6.28. The van der Waals surface area contributed by atoms with Crippen LogP contribution in [0.1, 0.15) is 79.1 Å². The van der Waals surface area contributed by atoms with Gasteiger partial charge in [0.1, 0.15) is 0 Å². The summed E-state index contributed by atoms with van der Waals surface area (Å²) in [5, 5.41) is 0. The Morgan fingerprint density at radius 3 is 1.57 bits per heavy atom. The van der Waals surface area contributed by atoms with Gasteiger partial charge >= 0.3 is 0 Å². The molecular weight excluding hydrogens is 256 g/mol. The molecule has 0 N–H and O–H groups in total. The van der Waals surface area contributed by atoms with Crippen molar-refractivity contribution in [2.75, 3.05) is 39.3 Å². The first kappa shape index (κ1) is 20.9. The van der Waals surface area contributed by atoms with E-state index in [1.807, 2.05) is 0 Å². The number of rotatable bonds is 16. The third-order valence-corrected chi connectivity index (χ3v) is 4.01. The van der Waals surface area contributed by atoms with Gasteiger partial charge in [-0.05, 0) is 77.7 Å². The molecule has 0 spiro atoms. The van der Waals surface area contributed by atoms with E-state index in [-0.39, 0.29) is 0 Å². The van der Waals surface area contributed by atoms with Crippen molar-refractivity contribution >= 4 is 0 Å². The molecule has 0 aromatic rings. The lowest BCUT2D eigenvalue weighted by molar-refractivity contribution is 0.263. The van der Waals surface area contributed by atoms with Gasteiger partial charge in [0.05, 0.1) is 0 Å². The smallest absolute Gasteiger partial charge is 0.00128 e. The van der Waals surface area contributed by atoms with Crippen LogP contribution < -0.4 is 0 Å². The highest BCUT2D eigenvalue weighted by atomic mass is 15.1. The van der Waals surface area contributed by atoms with Gasteiger partial charge in [-0.25, -0.2) is 0 Å². The van der Waals surface area contributed by atoms with Gasteiger partial charge in [-0.3, -0.25) is 0 Å². The fourth-order valence-electron chi connectivity index (χ4n) is 2.76. The quantitative estimate of drug-likeness (QED) is 0.370. The summed E-state index contributed by atoms with van der Waals surface area (Å²) in [7, 11) is 0. The fraction of sp³-hybridized carbons (Fsp3) is 0.947. The second kappa shape index (κ2) is 16.3. The van der Waals surface area contributed by atoms with E-state index in [4.69, 9.17) is 0 Å². The molecule has 2 heteroatoms. The first-order chi connectivity index (χ1) is 10.3. The minimum absolute atomic E-state index is 1.20. The van der Waals surface area contributed by atoms with Crippen LogP contribution in [-0.2, 0) is 0 Å². The van der Waals surface area contributed by atoms with Crippen LogP contribution in [0, 0.1) is 6.42 Å². The molecule has 0 amide bonds. The minimum atomic E-state index is 1.20. The Morgan fingerprint density at radius 1 is 0.571 bits per heavy atom. The van der Waals surface area contributed by atoms with Crippen molar-refractivity contribution in [3.63, 3.8) is 0 Å². The van der Waals surface area contributed by atoms with Gasteiger partial charge in [0.2, 0.25) is 0 Å². The monoisotopic (exact) mass is 297 g/mol. The van der Waals surface area contributed by atoms with E-state index in [9.17, 15) is 0 Å². The van der Waals surface area contributed by atoms with E-state index in [1.165, 1.54) is 90.6 Å². The highest BCUT2D eigenvalue weighted by molar-refractivity contribution is 4.72. The first-order valence-corrected chi connectivity index (χ1v) is 9.54. The van der Waals surface area contributed by atoms with E-state index >= 15 is 0 Å². The lowest BCUT2D eigenvalue weighted by atomic mass is 10.2. The highest BCUT2D eigenvalue weighted by Crippen LogP contribution is 2.04. The molecule has 0 aromatic heterocycles. The van der Waals surface area contributed by atoms with Crippen LogP contribution in [0.4, 0.5) is 0 Å². The fourth-order valence-corrected chi connectivity index (χ4v) is 2.76. The predicted octanol–water partition coefficient (Wildman–Crippen LogP) is 5.00. The van der Waals surface area contributed by atoms with E-state index in [2.05, 4.69) is 43.9 Å². The van der Waals surface area contributed by atoms with Gasteiger partial charge in [0, 0.05) is 6.54 Å². The van der Waals surface area contributed by atoms with E-state index in [1.54, 1.807) is 0 Å². The minimum Gasteiger partial charge on any atom is -0.303 e. The lowest BCUT2D eigenvalue weighted by Crippen LogP contribution is -2.28. The second-order valence-corrected chi connectivity index (χ2v) is 6.28. The summed E-state index contributed by atoms with van der Waals surface area (Å²) in [6.45, 7) is 16.7. The molecule has 0 saturated heterocycles. The van der Waals surface area contributed by atoms with E-state index < -0.39 is 0 Å². The van der Waals surface area contributed by atoms with Gasteiger partial charge in [0.15, 0.2) is 0 Å². The van der Waals surface area contributed by atoms with Crippen LogP contribution in [-0.4, -0.2) is 49.1 Å². The van der Waals surface area contributed by atoms with E-state index in [0.29, 0.717) is 0 Å². The maximum absolute atomic E-state index is 2.64. The number of nitrogens with zero attached hydrogens (tertiary/aromatic N) is 2. The Balaban J connectivity index is 3.71. The topological polar surface area (TPSA) is 6.48 Å². The summed E-state index contributed by atoms with van der Waals surface area (Å²) in [5.41, 5.74) is 0. The molecule has 0 aliphatic carbocycles. The van der Waals surface area contributed by atoms with Crippen LogP contribution in [0.25, 0.3) is 0 Å². The lowest BCUT2D eigenvalue weighted by Gasteiger charge is -2.23. The van der Waals surface area contributed by atoms with Crippen LogP contribution in [0.2, 0.25) is 0 Å². The third-order valence-electron chi connectivity index (χ3n) is 4.01. The molecule has 2 nitrogen and oxygen atoms in total. The number of unbranched alkanes of at least 4 members (excludes halogenated alkanes) is 4. The van der Waals surface area contributed by atoms with Crippen LogP contribution in [0.3, 0.4) is 0 Å². The molecule has 1 radical (unpaired) electrons. The predicted molar refractivity (Wildman–Crippen MR) is 96.8 cm³/mol. The van der Waals surface area contributed by atoms with Gasteiger partial charge in [0.25, 0.3) is 0 Å². The van der Waals surface area contributed by atoms with E-state index in [0.717, 1.165) is 0 Å². The summed E-state index contributed by atoms with van der Waals surface area (Å²) < 4.78 is 0. The van der Waals surface area contributed by atoms with Crippen LogP contribution in [0.5, 0.6) is 0 Å². The van der Waals surface area contributed by atoms with Crippen molar-refractivity contribution < 1.29 is 0 Å². The molecule has 0 aliphatic rings. The number of hydrogen-bond donors (Lipinski definition) is 0. The molecule has 21 heavy (non-hydrogen) atoms. The number of hydrogen-bond acceptors (Lipinski definition) is 2. The Morgan fingerprint density at radius 2 is 1.10 bits per heavy atom. The normalized spacial score (nSPS) is 11.7. The molecule has 0 aliphatic heterocycles. The Hall–Kier alpha value is -0.0800. The molecular formula is C19H41N2. The standard InChI is InChI=1S/C19H41N2/c1-5-9-16-21(17-10-6-2)19-13-11-12-18-20(14-7-3)15-8-4/h13H,5-12,14-19H2,1-4H3. The van der Waals surface area contributed by atoms with Crippen LogP contribution >= 0.6 is 0 Å². The van der Waals surface area contributed by atoms with Gasteiger partial charge < -0.3 is 9.80 Å². The Labute approximate surface area is 135 Å². The highest BCUT2D eigenvalue weighted by Gasteiger charge is 2.05. The summed E-state index contributed by atoms with van der Waals surface area (Å²) >= 11 is 0. The zero-order valence-electron chi connectivity index (χ0n) is 15.4. The summed E-state index contributed by atoms with van der Waals surface area (Å²) in [6.07, 6.45) is 13.0. The molecule has 0 fully saturated rings. The van der Waals surface area contributed by atoms with Gasteiger partial charge in [-0.15, -0.1) is 0 Å². The summed E-state index contributed by atoms with van der Waals surface area (Å²) in [4.78, 5) is 5.27. The molecule has 0 aromatic carbocycles. The molecule has 0 atom stereocenters. The molecule has 127 valence electrons. The SMILES string of the molecule is CCCCN(C[CH]CCCN(CCC)CCC)CCCC. The average molecular weight is 298 g/mol. The summed E-state index contributed by atoms with van der Waals surface area (Å²) in [5.74, 6) is 0. The maximum Gasteiger partial charge on any atom is 0.00128 e. The van der Waals surface area contributed by atoms with Crippen LogP contribution in [0.15, 0.2) is 0 Å². The van der Waals surface area contributed by atoms with Crippen molar-refractivity contribution in [1.29, 1.82) is 0 Å². The molecule has 0 heterocycles. The van der Waals surface area contributed by atoms with Crippen molar-refractivity contribution in [1.82, 2.24) is 9.80 Å². The Kier molecular flexibility index (Phi) is 16.2. The molecule has 0 saturated carbocycles. The van der Waals surface area contributed by atoms with Gasteiger partial charge in [-0.2, -0.15) is 0 Å². The first-order valence-electron chi connectivity index (χ1n) is 9.54. The Bertz CT molecular complexity index is 180. The average Bonchev–Trinajstić information content (AvgIpc) is 2.49. The van der Waals surface area contributed by atoms with Crippen molar-refractivity contribution in [2.24, 2.45) is 0 Å². The van der Waals surface area contributed by atoms with Crippen molar-refractivity contribution in [3.8, 4) is 0 Å². The summed E-state index contributed by atoms with van der Waals surface area (Å²) in [6, 6.07) is 0. The zero-order valence-corrected chi connectivity index (χ0v) is 15.4. The van der Waals surface area contributed by atoms with Gasteiger partial charge in [-0.1, -0.05) is 40.5 Å². The maximum atomic E-state index is 2.64. The molecule has 0 rings (SSSR count).